The zero-order chi connectivity index (χ0) is 16.4. The number of aryl methyl sites for hydroxylation is 1. The lowest BCUT2D eigenvalue weighted by molar-refractivity contribution is 0.0787. The van der Waals surface area contributed by atoms with Crippen LogP contribution in [-0.2, 0) is 10.1 Å². The number of nitrogens with zero attached hydrogens (tertiary/aromatic N) is 1. The van der Waals surface area contributed by atoms with E-state index in [4.69, 9.17) is 4.18 Å². The number of hydrogen-bond donors (Lipinski definition) is 1. The second-order valence-corrected chi connectivity index (χ2v) is 7.10. The van der Waals surface area contributed by atoms with Gasteiger partial charge in [-0.15, -0.1) is 0 Å². The number of benzene rings is 1. The number of para-hydroxylation sites is 1. The van der Waals surface area contributed by atoms with Crippen molar-refractivity contribution in [1.29, 1.82) is 0 Å². The van der Waals surface area contributed by atoms with E-state index < -0.39 is 10.1 Å². The van der Waals surface area contributed by atoms with Gasteiger partial charge >= 0.3 is 10.1 Å². The van der Waals surface area contributed by atoms with E-state index in [1.165, 1.54) is 12.3 Å². The molecule has 0 spiro atoms. The topological polar surface area (TPSA) is 79.5 Å². The number of H-pyrrole nitrogens is 1. The molecule has 23 heavy (non-hydrogen) atoms. The fourth-order valence-corrected chi connectivity index (χ4v) is 3.53. The monoisotopic (exact) mass is 334 g/mol. The van der Waals surface area contributed by atoms with E-state index in [2.05, 4.69) is 4.98 Å². The third-order valence-corrected chi connectivity index (χ3v) is 5.07. The first-order valence-corrected chi connectivity index (χ1v) is 8.86. The van der Waals surface area contributed by atoms with Crippen molar-refractivity contribution < 1.29 is 17.4 Å². The van der Waals surface area contributed by atoms with E-state index in [1.807, 2.05) is 0 Å². The molecular formula is C16H18N2O4S. The lowest BCUT2D eigenvalue weighted by Gasteiger charge is -2.13. The van der Waals surface area contributed by atoms with Gasteiger partial charge in [-0.2, -0.15) is 8.42 Å². The molecule has 0 saturated carbocycles. The van der Waals surface area contributed by atoms with Gasteiger partial charge in [-0.1, -0.05) is 18.2 Å². The summed E-state index contributed by atoms with van der Waals surface area (Å²) in [7, 11) is -3.97. The average Bonchev–Trinajstić information content (AvgIpc) is 3.20. The summed E-state index contributed by atoms with van der Waals surface area (Å²) in [5.41, 5.74) is 0.985. The summed E-state index contributed by atoms with van der Waals surface area (Å²) in [6.45, 7) is 3.18. The smallest absolute Gasteiger partial charge is 0.340 e. The molecule has 1 aliphatic heterocycles. The van der Waals surface area contributed by atoms with Crippen molar-refractivity contribution in [3.05, 3.63) is 47.8 Å². The van der Waals surface area contributed by atoms with Crippen molar-refractivity contribution >= 4 is 16.0 Å². The second kappa shape index (κ2) is 6.08. The van der Waals surface area contributed by atoms with Gasteiger partial charge in [-0.05, 0) is 37.5 Å². The van der Waals surface area contributed by atoms with Crippen LogP contribution in [0, 0.1) is 6.92 Å². The van der Waals surface area contributed by atoms with Gasteiger partial charge in [0.05, 0.1) is 0 Å². The van der Waals surface area contributed by atoms with Crippen molar-refractivity contribution in [2.75, 3.05) is 13.1 Å². The van der Waals surface area contributed by atoms with Gasteiger partial charge in [-0.3, -0.25) is 4.79 Å². The van der Waals surface area contributed by atoms with Crippen LogP contribution in [0.5, 0.6) is 5.75 Å². The van der Waals surface area contributed by atoms with Crippen molar-refractivity contribution in [3.63, 3.8) is 0 Å². The number of aromatic amines is 1. The summed E-state index contributed by atoms with van der Waals surface area (Å²) in [5.74, 6) is 0.0981. The van der Waals surface area contributed by atoms with Crippen molar-refractivity contribution in [3.8, 4) is 5.75 Å². The molecule has 0 radical (unpaired) electrons. The third kappa shape index (κ3) is 3.24. The van der Waals surface area contributed by atoms with E-state index in [0.29, 0.717) is 13.1 Å². The summed E-state index contributed by atoms with van der Waals surface area (Å²) in [4.78, 5) is 16.7. The Morgan fingerprint density at radius 1 is 1.22 bits per heavy atom. The summed E-state index contributed by atoms with van der Waals surface area (Å²) < 4.78 is 29.9. The molecule has 122 valence electrons. The molecule has 1 fully saturated rings. The van der Waals surface area contributed by atoms with Gasteiger partial charge in [0.15, 0.2) is 0 Å². The predicted molar refractivity (Wildman–Crippen MR) is 84.9 cm³/mol. The maximum Gasteiger partial charge on any atom is 0.340 e. The quantitative estimate of drug-likeness (QED) is 0.870. The van der Waals surface area contributed by atoms with Crippen LogP contribution < -0.4 is 4.18 Å². The molecule has 0 bridgehead atoms. The number of carbonyl (C=O) groups is 1. The van der Waals surface area contributed by atoms with Crippen LogP contribution in [0.3, 0.4) is 0 Å². The van der Waals surface area contributed by atoms with Crippen LogP contribution in [-0.4, -0.2) is 37.3 Å². The van der Waals surface area contributed by atoms with Crippen LogP contribution in [0.2, 0.25) is 0 Å². The lowest BCUT2D eigenvalue weighted by atomic mass is 10.2. The first kappa shape index (κ1) is 15.6. The van der Waals surface area contributed by atoms with Gasteiger partial charge in [-0.25, -0.2) is 0 Å². The Bertz CT molecular complexity index is 820. The zero-order valence-electron chi connectivity index (χ0n) is 12.8. The molecule has 2 heterocycles. The minimum Gasteiger partial charge on any atom is -0.379 e. The van der Waals surface area contributed by atoms with Crippen molar-refractivity contribution in [2.45, 2.75) is 24.7 Å². The molecule has 7 heteroatoms. The van der Waals surface area contributed by atoms with E-state index in [-0.39, 0.29) is 22.2 Å². The molecule has 6 nitrogen and oxygen atoms in total. The average molecular weight is 334 g/mol. The molecule has 1 saturated heterocycles. The number of nitrogens with one attached hydrogen (secondary N) is 1. The Kier molecular flexibility index (Phi) is 4.12. The number of likely N-dealkylation sites (tertiary alicyclic amines) is 1. The molecular weight excluding hydrogens is 316 g/mol. The van der Waals surface area contributed by atoms with Crippen LogP contribution in [0.25, 0.3) is 0 Å². The van der Waals surface area contributed by atoms with Gasteiger partial charge in [0.25, 0.3) is 5.91 Å². The molecule has 3 rings (SSSR count). The fraction of sp³-hybridized carbons (Fsp3) is 0.312. The van der Waals surface area contributed by atoms with Crippen molar-refractivity contribution in [2.24, 2.45) is 0 Å². The highest BCUT2D eigenvalue weighted by molar-refractivity contribution is 7.87. The summed E-state index contributed by atoms with van der Waals surface area (Å²) in [6, 6.07) is 8.20. The van der Waals surface area contributed by atoms with E-state index in [0.717, 1.165) is 18.4 Å². The Morgan fingerprint density at radius 3 is 2.61 bits per heavy atom. The van der Waals surface area contributed by atoms with E-state index in [9.17, 15) is 13.2 Å². The molecule has 0 atom stereocenters. The van der Waals surface area contributed by atoms with E-state index in [1.54, 1.807) is 36.1 Å². The largest absolute Gasteiger partial charge is 0.379 e. The van der Waals surface area contributed by atoms with Crippen LogP contribution in [0.1, 0.15) is 28.9 Å². The lowest BCUT2D eigenvalue weighted by Crippen LogP contribution is -2.27. The normalized spacial score (nSPS) is 14.9. The minimum atomic E-state index is -3.97. The molecule has 1 amide bonds. The molecule has 2 aromatic rings. The van der Waals surface area contributed by atoms with Gasteiger partial charge < -0.3 is 14.1 Å². The number of rotatable bonds is 4. The summed E-state index contributed by atoms with van der Waals surface area (Å²) in [6.07, 6.45) is 3.25. The SMILES string of the molecule is Cc1ccccc1OS(=O)(=O)c1c[nH]c(C(=O)N2CCCC2)c1. The Hall–Kier alpha value is -2.28. The minimum absolute atomic E-state index is 0.0525. The van der Waals surface area contributed by atoms with Crippen LogP contribution in [0.15, 0.2) is 41.4 Å². The van der Waals surface area contributed by atoms with Crippen LogP contribution in [0.4, 0.5) is 0 Å². The molecule has 0 aliphatic carbocycles. The maximum atomic E-state index is 12.3. The highest BCUT2D eigenvalue weighted by Crippen LogP contribution is 2.23. The Balaban J connectivity index is 1.81. The zero-order valence-corrected chi connectivity index (χ0v) is 13.6. The number of amides is 1. The molecule has 1 aromatic heterocycles. The molecule has 1 N–H and O–H groups in total. The first-order valence-electron chi connectivity index (χ1n) is 7.45. The standard InChI is InChI=1S/C16H18N2O4S/c1-12-6-2-3-7-15(12)22-23(20,21)13-10-14(17-11-13)16(19)18-8-4-5-9-18/h2-3,6-7,10-11,17H,4-5,8-9H2,1H3. The molecule has 1 aromatic carbocycles. The predicted octanol–water partition coefficient (Wildman–Crippen LogP) is 2.33. The maximum absolute atomic E-state index is 12.3. The fourth-order valence-electron chi connectivity index (χ4n) is 2.55. The third-order valence-electron chi connectivity index (χ3n) is 3.86. The van der Waals surface area contributed by atoms with E-state index >= 15 is 0 Å². The molecule has 1 aliphatic rings. The first-order chi connectivity index (χ1) is 11.0. The Labute approximate surface area is 135 Å². The highest BCUT2D eigenvalue weighted by atomic mass is 32.2. The van der Waals surface area contributed by atoms with Gasteiger partial charge in [0, 0.05) is 19.3 Å². The highest BCUT2D eigenvalue weighted by Gasteiger charge is 2.25. The second-order valence-electron chi connectivity index (χ2n) is 5.55. The summed E-state index contributed by atoms with van der Waals surface area (Å²) >= 11 is 0. The number of carbonyl (C=O) groups excluding carboxylic acids is 1. The number of aromatic nitrogens is 1. The number of hydrogen-bond acceptors (Lipinski definition) is 4. The van der Waals surface area contributed by atoms with Gasteiger partial charge in [0.1, 0.15) is 16.3 Å². The van der Waals surface area contributed by atoms with Crippen LogP contribution >= 0.6 is 0 Å². The van der Waals surface area contributed by atoms with Crippen molar-refractivity contribution in [1.82, 2.24) is 9.88 Å². The Morgan fingerprint density at radius 2 is 1.91 bits per heavy atom. The van der Waals surface area contributed by atoms with Gasteiger partial charge in [0.2, 0.25) is 0 Å². The summed E-state index contributed by atoms with van der Waals surface area (Å²) in [5, 5.41) is 0. The molecule has 0 unspecified atom stereocenters.